The van der Waals surface area contributed by atoms with E-state index in [1.165, 1.54) is 6.42 Å². The minimum absolute atomic E-state index is 0.0544. The fraction of sp³-hybridized carbons (Fsp3) is 0.394. The Hall–Kier alpha value is -3.60. The van der Waals surface area contributed by atoms with Crippen LogP contribution in [0.25, 0.3) is 0 Å². The average molecular weight is 513 g/mol. The first kappa shape index (κ1) is 27.4. The summed E-state index contributed by atoms with van der Waals surface area (Å²) in [6, 6.07) is 23.5. The second-order valence-corrected chi connectivity index (χ2v) is 10.5. The molecule has 1 N–H and O–H groups in total. The van der Waals surface area contributed by atoms with Crippen molar-refractivity contribution in [2.75, 3.05) is 7.11 Å². The zero-order chi connectivity index (χ0) is 26.9. The van der Waals surface area contributed by atoms with Crippen LogP contribution in [-0.2, 0) is 29.0 Å². The molecule has 5 heteroatoms. The summed E-state index contributed by atoms with van der Waals surface area (Å²) in [4.78, 5) is 29.8. The van der Waals surface area contributed by atoms with Crippen molar-refractivity contribution in [1.82, 2.24) is 10.2 Å². The Morgan fingerprint density at radius 3 is 2.39 bits per heavy atom. The summed E-state index contributed by atoms with van der Waals surface area (Å²) in [7, 11) is 1.64. The molecule has 38 heavy (non-hydrogen) atoms. The second-order valence-electron chi connectivity index (χ2n) is 10.5. The van der Waals surface area contributed by atoms with E-state index in [-0.39, 0.29) is 24.3 Å². The number of amides is 2. The van der Waals surface area contributed by atoms with Gasteiger partial charge < -0.3 is 15.0 Å². The Balaban J connectivity index is 1.68. The number of carbonyl (C=O) groups is 2. The van der Waals surface area contributed by atoms with Crippen LogP contribution in [0, 0.1) is 13.8 Å². The number of hydrogen-bond acceptors (Lipinski definition) is 3. The quantitative estimate of drug-likeness (QED) is 0.366. The van der Waals surface area contributed by atoms with Gasteiger partial charge in [-0.1, -0.05) is 85.5 Å². The number of hydrogen-bond donors (Lipinski definition) is 1. The molecule has 1 saturated carbocycles. The molecule has 0 radical (unpaired) electrons. The van der Waals surface area contributed by atoms with Crippen molar-refractivity contribution in [2.24, 2.45) is 0 Å². The molecular formula is C33H40N2O3. The van der Waals surface area contributed by atoms with E-state index in [9.17, 15) is 9.59 Å². The summed E-state index contributed by atoms with van der Waals surface area (Å²) >= 11 is 0. The van der Waals surface area contributed by atoms with Gasteiger partial charge in [0, 0.05) is 19.0 Å². The van der Waals surface area contributed by atoms with Gasteiger partial charge in [-0.3, -0.25) is 9.59 Å². The van der Waals surface area contributed by atoms with E-state index in [2.05, 4.69) is 23.5 Å². The summed E-state index contributed by atoms with van der Waals surface area (Å²) in [6.07, 6.45) is 6.19. The third kappa shape index (κ3) is 7.47. The predicted molar refractivity (Wildman–Crippen MR) is 152 cm³/mol. The number of nitrogens with zero attached hydrogens (tertiary/aromatic N) is 1. The third-order valence-electron chi connectivity index (χ3n) is 7.56. The maximum absolute atomic E-state index is 14.1. The van der Waals surface area contributed by atoms with Crippen LogP contribution >= 0.6 is 0 Å². The van der Waals surface area contributed by atoms with Crippen LogP contribution in [0.3, 0.4) is 0 Å². The Labute approximate surface area is 227 Å². The van der Waals surface area contributed by atoms with Crippen LogP contribution < -0.4 is 10.1 Å². The lowest BCUT2D eigenvalue weighted by Gasteiger charge is -2.34. The fourth-order valence-corrected chi connectivity index (χ4v) is 5.32. The molecule has 0 spiro atoms. The van der Waals surface area contributed by atoms with Crippen molar-refractivity contribution in [3.8, 4) is 5.75 Å². The molecule has 1 aliphatic rings. The molecule has 2 amide bonds. The summed E-state index contributed by atoms with van der Waals surface area (Å²) in [5.74, 6) is 0.606. The van der Waals surface area contributed by atoms with Crippen LogP contribution in [0.2, 0.25) is 0 Å². The van der Waals surface area contributed by atoms with Crippen LogP contribution in [0.5, 0.6) is 5.75 Å². The Kier molecular flexibility index (Phi) is 9.58. The summed E-state index contributed by atoms with van der Waals surface area (Å²) in [6.45, 7) is 4.40. The highest BCUT2D eigenvalue weighted by Crippen LogP contribution is 2.22. The number of carbonyl (C=O) groups excluding carboxylic acids is 2. The molecule has 0 bridgehead atoms. The van der Waals surface area contributed by atoms with E-state index in [4.69, 9.17) is 4.74 Å². The molecule has 4 rings (SSSR count). The van der Waals surface area contributed by atoms with Gasteiger partial charge in [0.15, 0.2) is 0 Å². The van der Waals surface area contributed by atoms with Gasteiger partial charge in [0.05, 0.1) is 13.5 Å². The molecular weight excluding hydrogens is 472 g/mol. The topological polar surface area (TPSA) is 58.6 Å². The van der Waals surface area contributed by atoms with Crippen molar-refractivity contribution in [3.05, 3.63) is 101 Å². The fourth-order valence-electron chi connectivity index (χ4n) is 5.32. The second kappa shape index (κ2) is 13.3. The van der Waals surface area contributed by atoms with E-state index < -0.39 is 6.04 Å². The minimum Gasteiger partial charge on any atom is -0.497 e. The molecule has 1 fully saturated rings. The molecule has 1 unspecified atom stereocenters. The maximum atomic E-state index is 14.1. The lowest BCUT2D eigenvalue weighted by atomic mass is 9.94. The highest BCUT2D eigenvalue weighted by atomic mass is 16.5. The monoisotopic (exact) mass is 512 g/mol. The van der Waals surface area contributed by atoms with E-state index in [0.717, 1.165) is 59.3 Å². The Bertz CT molecular complexity index is 1220. The zero-order valence-electron chi connectivity index (χ0n) is 22.9. The SMILES string of the molecule is COc1cccc(CN(C(=O)Cc2cc(C)ccc2C)C(Cc2ccccc2)C(=O)NC2CCCCC2)c1. The van der Waals surface area contributed by atoms with E-state index in [0.29, 0.717) is 13.0 Å². The summed E-state index contributed by atoms with van der Waals surface area (Å²) in [5, 5.41) is 3.31. The largest absolute Gasteiger partial charge is 0.497 e. The van der Waals surface area contributed by atoms with Crippen molar-refractivity contribution in [2.45, 2.75) is 77.4 Å². The molecule has 5 nitrogen and oxygen atoms in total. The van der Waals surface area contributed by atoms with E-state index in [1.807, 2.05) is 68.4 Å². The number of rotatable bonds is 10. The summed E-state index contributed by atoms with van der Waals surface area (Å²) < 4.78 is 5.44. The molecule has 0 heterocycles. The standard InChI is InChI=1S/C33H40N2O3/c1-24-17-18-25(2)28(19-24)22-32(36)35(23-27-13-10-16-30(20-27)38-3)31(21-26-11-6-4-7-12-26)33(37)34-29-14-8-5-9-15-29/h4,6-7,10-13,16-20,29,31H,5,8-9,14-15,21-23H2,1-3H3,(H,34,37). The Morgan fingerprint density at radius 2 is 1.66 bits per heavy atom. The first-order valence-corrected chi connectivity index (χ1v) is 13.8. The first-order valence-electron chi connectivity index (χ1n) is 13.8. The van der Waals surface area contributed by atoms with Crippen molar-refractivity contribution in [1.29, 1.82) is 0 Å². The zero-order valence-corrected chi connectivity index (χ0v) is 22.9. The molecule has 1 atom stereocenters. The highest BCUT2D eigenvalue weighted by Gasteiger charge is 2.32. The first-order chi connectivity index (χ1) is 18.4. The Morgan fingerprint density at radius 1 is 0.921 bits per heavy atom. The number of ether oxygens (including phenoxy) is 1. The molecule has 0 aromatic heterocycles. The third-order valence-corrected chi connectivity index (χ3v) is 7.56. The van der Waals surface area contributed by atoms with Crippen molar-refractivity contribution >= 4 is 11.8 Å². The van der Waals surface area contributed by atoms with E-state index in [1.54, 1.807) is 12.0 Å². The van der Waals surface area contributed by atoms with E-state index >= 15 is 0 Å². The van der Waals surface area contributed by atoms with Gasteiger partial charge in [-0.05, 0) is 61.1 Å². The molecule has 3 aromatic rings. The van der Waals surface area contributed by atoms with Crippen LogP contribution in [0.15, 0.2) is 72.8 Å². The number of aryl methyl sites for hydroxylation is 2. The average Bonchev–Trinajstić information content (AvgIpc) is 2.93. The normalized spacial score (nSPS) is 14.5. The lowest BCUT2D eigenvalue weighted by molar-refractivity contribution is -0.141. The predicted octanol–water partition coefficient (Wildman–Crippen LogP) is 5.94. The molecule has 0 aliphatic heterocycles. The molecule has 1 aliphatic carbocycles. The van der Waals surface area contributed by atoms with Crippen LogP contribution in [0.1, 0.15) is 59.9 Å². The van der Waals surface area contributed by atoms with Gasteiger partial charge in [0.1, 0.15) is 11.8 Å². The van der Waals surface area contributed by atoms with Crippen LogP contribution in [0.4, 0.5) is 0 Å². The number of methoxy groups -OCH3 is 1. The van der Waals surface area contributed by atoms with Gasteiger partial charge in [0.2, 0.25) is 11.8 Å². The smallest absolute Gasteiger partial charge is 0.243 e. The van der Waals surface area contributed by atoms with Crippen LogP contribution in [-0.4, -0.2) is 35.9 Å². The molecule has 3 aromatic carbocycles. The van der Waals surface area contributed by atoms with Crippen molar-refractivity contribution < 1.29 is 14.3 Å². The maximum Gasteiger partial charge on any atom is 0.243 e. The minimum atomic E-state index is -0.622. The van der Waals surface area contributed by atoms with Gasteiger partial charge in [0.25, 0.3) is 0 Å². The molecule has 200 valence electrons. The number of benzene rings is 3. The lowest BCUT2D eigenvalue weighted by Crippen LogP contribution is -2.53. The molecule has 0 saturated heterocycles. The summed E-state index contributed by atoms with van der Waals surface area (Å²) in [5.41, 5.74) is 5.16. The van der Waals surface area contributed by atoms with Gasteiger partial charge in [-0.25, -0.2) is 0 Å². The van der Waals surface area contributed by atoms with Gasteiger partial charge in [-0.2, -0.15) is 0 Å². The number of nitrogens with one attached hydrogen (secondary N) is 1. The highest BCUT2D eigenvalue weighted by molar-refractivity contribution is 5.89. The van der Waals surface area contributed by atoms with Crippen molar-refractivity contribution in [3.63, 3.8) is 0 Å². The van der Waals surface area contributed by atoms with Gasteiger partial charge in [-0.15, -0.1) is 0 Å². The van der Waals surface area contributed by atoms with Gasteiger partial charge >= 0.3 is 0 Å².